The van der Waals surface area contributed by atoms with Crippen molar-refractivity contribution < 1.29 is 35.5 Å². The Kier molecular flexibility index (Phi) is 6.44. The fourth-order valence-corrected chi connectivity index (χ4v) is 4.41. The molecule has 30 heavy (non-hydrogen) atoms. The molecule has 3 rings (SSSR count). The van der Waals surface area contributed by atoms with Gasteiger partial charge in [0.25, 0.3) is 5.91 Å². The molecule has 0 radical (unpaired) electrons. The minimum atomic E-state index is -4.84. The highest BCUT2D eigenvalue weighted by molar-refractivity contribution is 7.89. The average molecular weight is 446 g/mol. The van der Waals surface area contributed by atoms with Crippen LogP contribution in [0, 0.1) is 5.82 Å². The Bertz CT molecular complexity index is 1000. The van der Waals surface area contributed by atoms with E-state index in [-0.39, 0.29) is 42.3 Å². The normalized spacial score (nSPS) is 16.8. The fraction of sp³-hybridized carbons (Fsp3) is 0.316. The molecule has 1 saturated heterocycles. The quantitative estimate of drug-likeness (QED) is 0.717. The van der Waals surface area contributed by atoms with Crippen LogP contribution in [0.1, 0.15) is 22.0 Å². The van der Waals surface area contributed by atoms with Crippen molar-refractivity contribution in [3.63, 3.8) is 0 Å². The van der Waals surface area contributed by atoms with Crippen molar-refractivity contribution in [2.75, 3.05) is 26.3 Å². The average Bonchev–Trinajstić information content (AvgIpc) is 2.72. The van der Waals surface area contributed by atoms with Gasteiger partial charge in [0.15, 0.2) is 6.04 Å². The monoisotopic (exact) mass is 446 g/mol. The van der Waals surface area contributed by atoms with E-state index in [1.54, 1.807) is 0 Å². The molecule has 1 amide bonds. The maximum Gasteiger partial charge on any atom is 0.412 e. The number of carbonyl (C=O) groups excluding carboxylic acids is 1. The number of benzene rings is 2. The van der Waals surface area contributed by atoms with E-state index in [0.29, 0.717) is 0 Å². The molecular weight excluding hydrogens is 428 g/mol. The second-order valence-electron chi connectivity index (χ2n) is 6.54. The van der Waals surface area contributed by atoms with Crippen LogP contribution in [0.3, 0.4) is 0 Å². The van der Waals surface area contributed by atoms with Crippen molar-refractivity contribution in [3.05, 3.63) is 65.5 Å². The number of carbonyl (C=O) groups is 1. The molecule has 6 nitrogen and oxygen atoms in total. The van der Waals surface area contributed by atoms with Gasteiger partial charge >= 0.3 is 6.18 Å². The zero-order valence-electron chi connectivity index (χ0n) is 15.5. The molecule has 0 spiro atoms. The maximum absolute atomic E-state index is 13.5. The van der Waals surface area contributed by atoms with E-state index in [4.69, 9.17) is 4.74 Å². The first kappa shape index (κ1) is 22.2. The molecule has 2 aromatic rings. The summed E-state index contributed by atoms with van der Waals surface area (Å²) < 4.78 is 85.2. The zero-order valence-corrected chi connectivity index (χ0v) is 16.3. The van der Waals surface area contributed by atoms with Gasteiger partial charge in [-0.15, -0.1) is 0 Å². The van der Waals surface area contributed by atoms with E-state index >= 15 is 0 Å². The third-order valence-corrected chi connectivity index (χ3v) is 6.40. The lowest BCUT2D eigenvalue weighted by Gasteiger charge is -2.26. The molecule has 1 aliphatic heterocycles. The summed E-state index contributed by atoms with van der Waals surface area (Å²) in [6.07, 6.45) is -4.84. The Hall–Kier alpha value is -2.50. The maximum atomic E-state index is 13.5. The minimum absolute atomic E-state index is 0.138. The molecule has 1 fully saturated rings. The number of alkyl halides is 3. The van der Waals surface area contributed by atoms with E-state index in [1.165, 1.54) is 22.5 Å². The van der Waals surface area contributed by atoms with Gasteiger partial charge in [0.2, 0.25) is 10.0 Å². The van der Waals surface area contributed by atoms with Crippen molar-refractivity contribution in [3.8, 4) is 0 Å². The first-order chi connectivity index (χ1) is 14.1. The number of amides is 1. The number of nitrogens with zero attached hydrogens (tertiary/aromatic N) is 1. The number of hydrogen-bond donors (Lipinski definition) is 1. The predicted octanol–water partition coefficient (Wildman–Crippen LogP) is 2.88. The van der Waals surface area contributed by atoms with Crippen LogP contribution in [0.4, 0.5) is 17.6 Å². The highest BCUT2D eigenvalue weighted by atomic mass is 32.2. The van der Waals surface area contributed by atoms with Crippen LogP contribution >= 0.6 is 0 Å². The van der Waals surface area contributed by atoms with E-state index in [2.05, 4.69) is 0 Å². The number of ether oxygens (including phenoxy) is 1. The summed E-state index contributed by atoms with van der Waals surface area (Å²) in [4.78, 5) is 12.3. The summed E-state index contributed by atoms with van der Waals surface area (Å²) in [6, 6.07) is 5.96. The molecule has 1 atom stereocenters. The molecule has 1 aliphatic rings. The van der Waals surface area contributed by atoms with Gasteiger partial charge in [-0.05, 0) is 35.9 Å². The van der Waals surface area contributed by atoms with E-state index < -0.39 is 34.0 Å². The van der Waals surface area contributed by atoms with Crippen molar-refractivity contribution in [1.29, 1.82) is 0 Å². The van der Waals surface area contributed by atoms with Crippen molar-refractivity contribution in [1.82, 2.24) is 9.62 Å². The number of nitrogens with one attached hydrogen (secondary N) is 1. The Morgan fingerprint density at radius 2 is 1.70 bits per heavy atom. The van der Waals surface area contributed by atoms with Crippen molar-refractivity contribution in [2.24, 2.45) is 0 Å². The molecule has 0 saturated carbocycles. The Labute approximate surface area is 170 Å². The molecule has 0 aliphatic carbocycles. The number of morpholine rings is 1. The topological polar surface area (TPSA) is 75.7 Å². The van der Waals surface area contributed by atoms with Gasteiger partial charge in [0, 0.05) is 18.7 Å². The lowest BCUT2D eigenvalue weighted by molar-refractivity contribution is -0.155. The molecule has 1 N–H and O–H groups in total. The number of hydrogen-bond acceptors (Lipinski definition) is 4. The van der Waals surface area contributed by atoms with Gasteiger partial charge in [0.05, 0.1) is 18.1 Å². The fourth-order valence-electron chi connectivity index (χ4n) is 2.96. The Balaban J connectivity index is 1.85. The molecular formula is C19H18F4N2O4S. The minimum Gasteiger partial charge on any atom is -0.379 e. The van der Waals surface area contributed by atoms with Gasteiger partial charge in [-0.3, -0.25) is 4.79 Å². The summed E-state index contributed by atoms with van der Waals surface area (Å²) in [6.45, 7) is 0.730. The first-order valence-corrected chi connectivity index (χ1v) is 10.3. The van der Waals surface area contributed by atoms with Gasteiger partial charge in [-0.25, -0.2) is 12.8 Å². The molecule has 2 aromatic carbocycles. The van der Waals surface area contributed by atoms with Crippen LogP contribution in [-0.2, 0) is 14.8 Å². The molecule has 0 bridgehead atoms. The summed E-state index contributed by atoms with van der Waals surface area (Å²) in [5.74, 6) is -1.83. The molecule has 1 unspecified atom stereocenters. The first-order valence-electron chi connectivity index (χ1n) is 8.90. The van der Waals surface area contributed by atoms with E-state index in [0.717, 1.165) is 30.3 Å². The predicted molar refractivity (Wildman–Crippen MR) is 98.7 cm³/mol. The third-order valence-electron chi connectivity index (χ3n) is 4.51. The summed E-state index contributed by atoms with van der Waals surface area (Å²) in [5, 5.41) is 1.85. The number of sulfonamides is 1. The van der Waals surface area contributed by atoms with Crippen molar-refractivity contribution >= 4 is 15.9 Å². The van der Waals surface area contributed by atoms with Crippen LogP contribution in [-0.4, -0.2) is 51.1 Å². The second-order valence-corrected chi connectivity index (χ2v) is 8.48. The summed E-state index contributed by atoms with van der Waals surface area (Å²) >= 11 is 0. The molecule has 0 aromatic heterocycles. The van der Waals surface area contributed by atoms with Crippen LogP contribution in [0.15, 0.2) is 53.4 Å². The highest BCUT2D eigenvalue weighted by Crippen LogP contribution is 2.33. The van der Waals surface area contributed by atoms with E-state index in [9.17, 15) is 30.8 Å². The molecule has 162 valence electrons. The number of rotatable bonds is 5. The van der Waals surface area contributed by atoms with Crippen LogP contribution in [0.2, 0.25) is 0 Å². The van der Waals surface area contributed by atoms with E-state index in [1.807, 2.05) is 5.32 Å². The van der Waals surface area contributed by atoms with Crippen LogP contribution < -0.4 is 5.32 Å². The van der Waals surface area contributed by atoms with Crippen LogP contribution in [0.25, 0.3) is 0 Å². The van der Waals surface area contributed by atoms with Crippen LogP contribution in [0.5, 0.6) is 0 Å². The van der Waals surface area contributed by atoms with Gasteiger partial charge in [0.1, 0.15) is 5.82 Å². The smallest absolute Gasteiger partial charge is 0.379 e. The zero-order chi connectivity index (χ0) is 21.9. The third kappa shape index (κ3) is 4.97. The number of halogens is 4. The van der Waals surface area contributed by atoms with Gasteiger partial charge < -0.3 is 10.1 Å². The van der Waals surface area contributed by atoms with Crippen molar-refractivity contribution in [2.45, 2.75) is 17.1 Å². The largest absolute Gasteiger partial charge is 0.412 e. The summed E-state index contributed by atoms with van der Waals surface area (Å²) in [5.41, 5.74) is -0.602. The lowest BCUT2D eigenvalue weighted by Crippen LogP contribution is -2.40. The second kappa shape index (κ2) is 8.70. The van der Waals surface area contributed by atoms with Gasteiger partial charge in [-0.2, -0.15) is 17.5 Å². The van der Waals surface area contributed by atoms with Gasteiger partial charge in [-0.1, -0.05) is 18.2 Å². The Morgan fingerprint density at radius 1 is 1.07 bits per heavy atom. The highest BCUT2D eigenvalue weighted by Gasteiger charge is 2.42. The standard InChI is InChI=1S/C19H18F4N2O4S/c20-15-6-4-13(5-7-15)17(19(21,22)23)24-18(26)14-2-1-3-16(12-14)30(27,28)25-8-10-29-11-9-25/h1-7,12,17H,8-11H2,(H,24,26). The Morgan fingerprint density at radius 3 is 2.30 bits per heavy atom. The molecule has 11 heteroatoms. The lowest BCUT2D eigenvalue weighted by atomic mass is 10.1. The summed E-state index contributed by atoms with van der Waals surface area (Å²) in [7, 11) is -3.92. The SMILES string of the molecule is O=C(NC(c1ccc(F)cc1)C(F)(F)F)c1cccc(S(=O)(=O)N2CCOCC2)c1. The molecule has 1 heterocycles.